The van der Waals surface area contributed by atoms with Gasteiger partial charge in [-0.15, -0.1) is 16.4 Å². The highest BCUT2D eigenvalue weighted by atomic mass is 32.1. The van der Waals surface area contributed by atoms with E-state index in [0.717, 1.165) is 5.01 Å². The lowest BCUT2D eigenvalue weighted by Crippen LogP contribution is -2.09. The number of anilines is 1. The second-order valence-electron chi connectivity index (χ2n) is 3.07. The van der Waals surface area contributed by atoms with Gasteiger partial charge < -0.3 is 4.42 Å². The van der Waals surface area contributed by atoms with E-state index in [1.165, 1.54) is 11.3 Å². The molecule has 2 heterocycles. The molecule has 0 saturated heterocycles. The lowest BCUT2D eigenvalue weighted by molar-refractivity contribution is -0.116. The minimum atomic E-state index is -0.162. The van der Waals surface area contributed by atoms with E-state index in [1.54, 1.807) is 6.92 Å². The molecule has 84 valence electrons. The number of thiazole rings is 1. The molecule has 6 nitrogen and oxygen atoms in total. The fraction of sp³-hybridized carbons (Fsp3) is 0.333. The smallest absolute Gasteiger partial charge is 0.322 e. The van der Waals surface area contributed by atoms with Gasteiger partial charge in [-0.1, -0.05) is 12.0 Å². The minimum Gasteiger partial charge on any atom is -0.401 e. The molecule has 0 fully saturated rings. The molecule has 0 unspecified atom stereocenters. The van der Waals surface area contributed by atoms with Crippen LogP contribution in [0.3, 0.4) is 0 Å². The first-order valence-corrected chi connectivity index (χ1v) is 5.63. The van der Waals surface area contributed by atoms with Crippen LogP contribution in [0.5, 0.6) is 0 Å². The second-order valence-corrected chi connectivity index (χ2v) is 4.13. The summed E-state index contributed by atoms with van der Waals surface area (Å²) in [5.74, 6) is 0.153. The zero-order chi connectivity index (χ0) is 11.5. The van der Waals surface area contributed by atoms with E-state index in [0.29, 0.717) is 18.0 Å². The molecule has 16 heavy (non-hydrogen) atoms. The summed E-state index contributed by atoms with van der Waals surface area (Å²) >= 11 is 1.50. The Morgan fingerprint density at radius 3 is 3.00 bits per heavy atom. The highest BCUT2D eigenvalue weighted by Gasteiger charge is 2.12. The maximum atomic E-state index is 11.1. The molecule has 2 aromatic heterocycles. The molecule has 0 aliphatic heterocycles. The fourth-order valence-corrected chi connectivity index (χ4v) is 1.63. The van der Waals surface area contributed by atoms with Gasteiger partial charge in [0.2, 0.25) is 5.91 Å². The van der Waals surface area contributed by atoms with Gasteiger partial charge in [-0.3, -0.25) is 10.1 Å². The number of carbonyl (C=O) groups is 1. The number of aryl methyl sites for hydroxylation is 1. The van der Waals surface area contributed by atoms with Crippen molar-refractivity contribution in [2.45, 2.75) is 20.3 Å². The molecule has 0 aliphatic rings. The van der Waals surface area contributed by atoms with Crippen LogP contribution < -0.4 is 5.32 Å². The molecule has 1 amide bonds. The van der Waals surface area contributed by atoms with Gasteiger partial charge in [0.1, 0.15) is 5.69 Å². The first-order chi connectivity index (χ1) is 7.69. The first-order valence-electron chi connectivity index (χ1n) is 4.75. The van der Waals surface area contributed by atoms with Crippen molar-refractivity contribution in [3.63, 3.8) is 0 Å². The van der Waals surface area contributed by atoms with E-state index >= 15 is 0 Å². The Labute approximate surface area is 95.7 Å². The van der Waals surface area contributed by atoms with Gasteiger partial charge in [0.15, 0.2) is 0 Å². The molecule has 1 N–H and O–H groups in total. The Hall–Kier alpha value is -1.76. The van der Waals surface area contributed by atoms with Crippen LogP contribution in [-0.4, -0.2) is 21.1 Å². The Balaban J connectivity index is 2.16. The predicted molar refractivity (Wildman–Crippen MR) is 59.1 cm³/mol. The highest BCUT2D eigenvalue weighted by molar-refractivity contribution is 7.09. The second kappa shape index (κ2) is 4.40. The van der Waals surface area contributed by atoms with Crippen molar-refractivity contribution >= 4 is 23.3 Å². The predicted octanol–water partition coefficient (Wildman–Crippen LogP) is 1.85. The van der Waals surface area contributed by atoms with Gasteiger partial charge in [0.05, 0.1) is 5.01 Å². The molecule has 0 spiro atoms. The van der Waals surface area contributed by atoms with E-state index < -0.39 is 0 Å². The molecule has 7 heteroatoms. The number of hydrogen-bond donors (Lipinski definition) is 1. The van der Waals surface area contributed by atoms with Crippen molar-refractivity contribution in [1.82, 2.24) is 15.2 Å². The summed E-state index contributed by atoms with van der Waals surface area (Å²) in [7, 11) is 0. The lowest BCUT2D eigenvalue weighted by atomic mass is 10.5. The molecule has 0 radical (unpaired) electrons. The Kier molecular flexibility index (Phi) is 2.95. The van der Waals surface area contributed by atoms with E-state index in [9.17, 15) is 4.79 Å². The average Bonchev–Trinajstić information content (AvgIpc) is 2.87. The van der Waals surface area contributed by atoms with Gasteiger partial charge >= 0.3 is 6.01 Å². The third-order valence-electron chi connectivity index (χ3n) is 1.83. The van der Waals surface area contributed by atoms with Gasteiger partial charge in [0, 0.05) is 11.8 Å². The van der Waals surface area contributed by atoms with Gasteiger partial charge in [-0.05, 0) is 6.92 Å². The number of amides is 1. The zero-order valence-corrected chi connectivity index (χ0v) is 9.67. The molecule has 0 bridgehead atoms. The van der Waals surface area contributed by atoms with Crippen molar-refractivity contribution in [3.05, 3.63) is 10.4 Å². The standard InChI is InChI=1S/C9H10N4O2S/c1-3-7(14)11-9-13-12-8(15-9)6-4-16-5(2)10-6/h4H,3H2,1-2H3,(H,11,13,14). The SMILES string of the molecule is CCC(=O)Nc1nnc(-c2csc(C)n2)o1. The van der Waals surface area contributed by atoms with Crippen molar-refractivity contribution in [1.29, 1.82) is 0 Å². The fourth-order valence-electron chi connectivity index (χ4n) is 1.05. The lowest BCUT2D eigenvalue weighted by Gasteiger charge is -1.93. The molecular weight excluding hydrogens is 228 g/mol. The first kappa shape index (κ1) is 10.7. The summed E-state index contributed by atoms with van der Waals surface area (Å²) in [5.41, 5.74) is 0.631. The number of rotatable bonds is 3. The molecule has 0 saturated carbocycles. The summed E-state index contributed by atoms with van der Waals surface area (Å²) in [6.45, 7) is 3.64. The quantitative estimate of drug-likeness (QED) is 0.882. The van der Waals surface area contributed by atoms with Crippen molar-refractivity contribution < 1.29 is 9.21 Å². The summed E-state index contributed by atoms with van der Waals surface area (Å²) < 4.78 is 5.25. The number of aromatic nitrogens is 3. The molecule has 2 aromatic rings. The summed E-state index contributed by atoms with van der Waals surface area (Å²) in [6.07, 6.45) is 0.369. The summed E-state index contributed by atoms with van der Waals surface area (Å²) in [4.78, 5) is 15.3. The van der Waals surface area contributed by atoms with Crippen LogP contribution >= 0.6 is 11.3 Å². The Morgan fingerprint density at radius 1 is 1.56 bits per heavy atom. The van der Waals surface area contributed by atoms with Crippen LogP contribution in [0.15, 0.2) is 9.80 Å². The number of hydrogen-bond acceptors (Lipinski definition) is 6. The minimum absolute atomic E-state index is 0.104. The van der Waals surface area contributed by atoms with Crippen LogP contribution in [0.1, 0.15) is 18.4 Å². The van der Waals surface area contributed by atoms with Crippen LogP contribution in [-0.2, 0) is 4.79 Å². The normalized spacial score (nSPS) is 10.4. The van der Waals surface area contributed by atoms with Crippen LogP contribution in [0.4, 0.5) is 6.01 Å². The third kappa shape index (κ3) is 2.25. The van der Waals surface area contributed by atoms with E-state index in [1.807, 2.05) is 12.3 Å². The molecular formula is C9H10N4O2S. The Morgan fingerprint density at radius 2 is 2.38 bits per heavy atom. The summed E-state index contributed by atoms with van der Waals surface area (Å²) in [5, 5.41) is 12.7. The number of nitrogens with zero attached hydrogens (tertiary/aromatic N) is 3. The zero-order valence-electron chi connectivity index (χ0n) is 8.85. The third-order valence-corrected chi connectivity index (χ3v) is 2.60. The number of carbonyl (C=O) groups excluding carboxylic acids is 1. The highest BCUT2D eigenvalue weighted by Crippen LogP contribution is 2.21. The topological polar surface area (TPSA) is 80.9 Å². The van der Waals surface area contributed by atoms with Crippen molar-refractivity contribution in [3.8, 4) is 11.6 Å². The van der Waals surface area contributed by atoms with E-state index in [-0.39, 0.29) is 11.9 Å². The van der Waals surface area contributed by atoms with Gasteiger partial charge in [-0.25, -0.2) is 4.98 Å². The van der Waals surface area contributed by atoms with E-state index in [2.05, 4.69) is 20.5 Å². The average molecular weight is 238 g/mol. The molecule has 0 atom stereocenters. The van der Waals surface area contributed by atoms with Crippen molar-refractivity contribution in [2.24, 2.45) is 0 Å². The largest absolute Gasteiger partial charge is 0.401 e. The summed E-state index contributed by atoms with van der Waals surface area (Å²) in [6, 6.07) is 0.104. The van der Waals surface area contributed by atoms with Crippen LogP contribution in [0.25, 0.3) is 11.6 Å². The van der Waals surface area contributed by atoms with Crippen molar-refractivity contribution in [2.75, 3.05) is 5.32 Å². The maximum absolute atomic E-state index is 11.1. The van der Waals surface area contributed by atoms with Gasteiger partial charge in [-0.2, -0.15) is 0 Å². The molecule has 2 rings (SSSR count). The molecule has 0 aliphatic carbocycles. The van der Waals surface area contributed by atoms with Gasteiger partial charge in [0.25, 0.3) is 5.89 Å². The maximum Gasteiger partial charge on any atom is 0.322 e. The van der Waals surface area contributed by atoms with E-state index in [4.69, 9.17) is 4.42 Å². The van der Waals surface area contributed by atoms with Crippen LogP contribution in [0.2, 0.25) is 0 Å². The Bertz CT molecular complexity index is 505. The monoisotopic (exact) mass is 238 g/mol. The molecule has 0 aromatic carbocycles. The van der Waals surface area contributed by atoms with Crippen LogP contribution in [0, 0.1) is 6.92 Å². The number of nitrogens with one attached hydrogen (secondary N) is 1.